The molecule has 0 aliphatic heterocycles. The van der Waals surface area contributed by atoms with Crippen LogP contribution in [0.3, 0.4) is 0 Å². The fraction of sp³-hybridized carbons (Fsp3) is 0.250. The van der Waals surface area contributed by atoms with Crippen LogP contribution >= 0.6 is 11.8 Å². The molecule has 0 fully saturated rings. The van der Waals surface area contributed by atoms with Crippen LogP contribution in [-0.2, 0) is 5.75 Å². The molecule has 138 valence electrons. The van der Waals surface area contributed by atoms with E-state index < -0.39 is 0 Å². The van der Waals surface area contributed by atoms with Gasteiger partial charge in [-0.25, -0.2) is 4.98 Å². The number of nitrogens with zero attached hydrogens (tertiary/aromatic N) is 5. The van der Waals surface area contributed by atoms with Crippen LogP contribution in [0.4, 0.5) is 0 Å². The molecule has 4 rings (SSSR count). The van der Waals surface area contributed by atoms with Crippen LogP contribution in [0.1, 0.15) is 25.6 Å². The number of hydrogen-bond acceptors (Lipinski definition) is 5. The van der Waals surface area contributed by atoms with Crippen LogP contribution < -0.4 is 4.74 Å². The third kappa shape index (κ3) is 3.55. The molecule has 0 amide bonds. The molecule has 6 nitrogen and oxygen atoms in total. The predicted octanol–water partition coefficient (Wildman–Crippen LogP) is 4.47. The second kappa shape index (κ2) is 7.44. The third-order valence-electron chi connectivity index (χ3n) is 4.29. The molecule has 3 heterocycles. The summed E-state index contributed by atoms with van der Waals surface area (Å²) in [6, 6.07) is 14.2. The number of imidazole rings is 1. The van der Waals surface area contributed by atoms with E-state index in [0.29, 0.717) is 0 Å². The molecular weight excluding hydrogens is 358 g/mol. The molecule has 4 aromatic rings. The van der Waals surface area contributed by atoms with Gasteiger partial charge >= 0.3 is 0 Å². The summed E-state index contributed by atoms with van der Waals surface area (Å²) in [6.07, 6.45) is 4.07. The Hall–Kier alpha value is -2.80. The number of ether oxygens (including phenoxy) is 1. The van der Waals surface area contributed by atoms with E-state index in [1.54, 1.807) is 18.9 Å². The summed E-state index contributed by atoms with van der Waals surface area (Å²) in [7, 11) is 1.67. The number of aromatic nitrogens is 5. The molecule has 0 atom stereocenters. The van der Waals surface area contributed by atoms with Crippen molar-refractivity contribution in [1.29, 1.82) is 0 Å². The minimum Gasteiger partial charge on any atom is -0.497 e. The van der Waals surface area contributed by atoms with Gasteiger partial charge in [-0.2, -0.15) is 0 Å². The lowest BCUT2D eigenvalue weighted by atomic mass is 10.2. The molecule has 0 spiro atoms. The Morgan fingerprint density at radius 2 is 1.89 bits per heavy atom. The number of benzene rings is 1. The van der Waals surface area contributed by atoms with Crippen molar-refractivity contribution in [2.75, 3.05) is 7.11 Å². The molecule has 0 aliphatic carbocycles. The smallest absolute Gasteiger partial charge is 0.192 e. The topological polar surface area (TPSA) is 57.2 Å². The fourth-order valence-electron chi connectivity index (χ4n) is 2.97. The van der Waals surface area contributed by atoms with Gasteiger partial charge in [-0.05, 0) is 50.2 Å². The van der Waals surface area contributed by atoms with E-state index in [0.717, 1.165) is 39.4 Å². The van der Waals surface area contributed by atoms with E-state index >= 15 is 0 Å². The van der Waals surface area contributed by atoms with E-state index in [-0.39, 0.29) is 6.04 Å². The quantitative estimate of drug-likeness (QED) is 0.463. The maximum absolute atomic E-state index is 5.24. The molecule has 1 aromatic carbocycles. The van der Waals surface area contributed by atoms with Gasteiger partial charge in [0, 0.05) is 29.8 Å². The maximum Gasteiger partial charge on any atom is 0.192 e. The van der Waals surface area contributed by atoms with Crippen molar-refractivity contribution >= 4 is 17.4 Å². The molecule has 27 heavy (non-hydrogen) atoms. The molecule has 0 unspecified atom stereocenters. The highest BCUT2D eigenvalue weighted by Crippen LogP contribution is 2.30. The van der Waals surface area contributed by atoms with Crippen LogP contribution in [0, 0.1) is 0 Å². The number of thioether (sulfide) groups is 1. The number of methoxy groups -OCH3 is 1. The van der Waals surface area contributed by atoms with E-state index in [4.69, 9.17) is 4.74 Å². The molecular formula is C20H21N5OS. The Kier molecular flexibility index (Phi) is 4.85. The highest BCUT2D eigenvalue weighted by Gasteiger charge is 2.17. The summed E-state index contributed by atoms with van der Waals surface area (Å²) in [5.41, 5.74) is 3.00. The van der Waals surface area contributed by atoms with Gasteiger partial charge in [0.15, 0.2) is 11.0 Å². The van der Waals surface area contributed by atoms with Crippen molar-refractivity contribution in [2.45, 2.75) is 30.8 Å². The number of pyridine rings is 1. The third-order valence-corrected chi connectivity index (χ3v) is 5.27. The summed E-state index contributed by atoms with van der Waals surface area (Å²) < 4.78 is 9.45. The lowest BCUT2D eigenvalue weighted by Crippen LogP contribution is -2.05. The number of rotatable bonds is 6. The van der Waals surface area contributed by atoms with Gasteiger partial charge in [0.1, 0.15) is 11.4 Å². The van der Waals surface area contributed by atoms with E-state index in [1.165, 1.54) is 0 Å². The second-order valence-corrected chi connectivity index (χ2v) is 7.43. The molecule has 0 saturated carbocycles. The average molecular weight is 379 g/mol. The molecule has 0 radical (unpaired) electrons. The van der Waals surface area contributed by atoms with Crippen LogP contribution in [0.25, 0.3) is 17.0 Å². The predicted molar refractivity (Wildman–Crippen MR) is 107 cm³/mol. The van der Waals surface area contributed by atoms with Gasteiger partial charge < -0.3 is 9.14 Å². The summed E-state index contributed by atoms with van der Waals surface area (Å²) in [5, 5.41) is 9.78. The molecule has 0 bridgehead atoms. The molecule has 0 saturated heterocycles. The minimum absolute atomic E-state index is 0.251. The summed E-state index contributed by atoms with van der Waals surface area (Å²) in [4.78, 5) is 4.66. The van der Waals surface area contributed by atoms with Gasteiger partial charge in [-0.1, -0.05) is 17.8 Å². The average Bonchev–Trinajstić information content (AvgIpc) is 3.30. The Labute approximate surface area is 162 Å². The molecule has 0 aliphatic rings. The zero-order valence-corrected chi connectivity index (χ0v) is 16.3. The van der Waals surface area contributed by atoms with Gasteiger partial charge in [-0.3, -0.25) is 4.57 Å². The largest absolute Gasteiger partial charge is 0.497 e. The summed E-state index contributed by atoms with van der Waals surface area (Å²) in [6.45, 7) is 4.29. The van der Waals surface area contributed by atoms with Crippen molar-refractivity contribution in [2.24, 2.45) is 0 Å². The zero-order valence-electron chi connectivity index (χ0n) is 15.5. The minimum atomic E-state index is 0.251. The Morgan fingerprint density at radius 1 is 1.07 bits per heavy atom. The first kappa shape index (κ1) is 17.6. The van der Waals surface area contributed by atoms with Crippen LogP contribution in [0.5, 0.6) is 5.75 Å². The fourth-order valence-corrected chi connectivity index (χ4v) is 3.92. The summed E-state index contributed by atoms with van der Waals surface area (Å²) >= 11 is 1.66. The van der Waals surface area contributed by atoms with Gasteiger partial charge in [0.05, 0.1) is 12.8 Å². The first-order valence-corrected chi connectivity index (χ1v) is 9.79. The van der Waals surface area contributed by atoms with Gasteiger partial charge in [0.25, 0.3) is 0 Å². The summed E-state index contributed by atoms with van der Waals surface area (Å²) in [5.74, 6) is 2.44. The first-order valence-electron chi connectivity index (χ1n) is 8.80. The van der Waals surface area contributed by atoms with Gasteiger partial charge in [-0.15, -0.1) is 10.2 Å². The monoisotopic (exact) mass is 379 g/mol. The van der Waals surface area contributed by atoms with Crippen LogP contribution in [0.15, 0.2) is 60.0 Å². The highest BCUT2D eigenvalue weighted by atomic mass is 32.2. The Bertz CT molecular complexity index is 1020. The molecule has 0 N–H and O–H groups in total. The van der Waals surface area contributed by atoms with E-state index in [2.05, 4.69) is 39.8 Å². The van der Waals surface area contributed by atoms with Crippen LogP contribution in [0.2, 0.25) is 0 Å². The highest BCUT2D eigenvalue weighted by molar-refractivity contribution is 7.98. The number of fused-ring (bicyclic) bond motifs is 1. The number of hydrogen-bond donors (Lipinski definition) is 0. The maximum atomic E-state index is 5.24. The lowest BCUT2D eigenvalue weighted by molar-refractivity contribution is 0.415. The van der Waals surface area contributed by atoms with E-state index in [9.17, 15) is 0 Å². The Morgan fingerprint density at radius 3 is 2.59 bits per heavy atom. The molecule has 3 aromatic heterocycles. The van der Waals surface area contributed by atoms with E-state index in [1.807, 2.05) is 53.1 Å². The van der Waals surface area contributed by atoms with Crippen molar-refractivity contribution in [1.82, 2.24) is 24.1 Å². The SMILES string of the molecule is COc1ccc(-c2nnc(SCc3cn4ccccc4n3)n2C(C)C)cc1. The molecule has 7 heteroatoms. The van der Waals surface area contributed by atoms with Crippen LogP contribution in [-0.4, -0.2) is 31.3 Å². The van der Waals surface area contributed by atoms with Crippen molar-refractivity contribution < 1.29 is 4.74 Å². The van der Waals surface area contributed by atoms with Gasteiger partial charge in [0.2, 0.25) is 0 Å². The zero-order chi connectivity index (χ0) is 18.8. The normalized spacial score (nSPS) is 11.4. The second-order valence-electron chi connectivity index (χ2n) is 6.49. The first-order chi connectivity index (χ1) is 13.2. The van der Waals surface area contributed by atoms with Crippen molar-refractivity contribution in [3.8, 4) is 17.1 Å². The van der Waals surface area contributed by atoms with Crippen molar-refractivity contribution in [3.63, 3.8) is 0 Å². The Balaban J connectivity index is 1.59. The standard InChI is InChI=1S/C20H21N5OS/c1-14(2)25-19(15-7-9-17(26-3)10-8-15)22-23-20(25)27-13-16-12-24-11-5-4-6-18(24)21-16/h4-12,14H,13H2,1-3H3. The lowest BCUT2D eigenvalue weighted by Gasteiger charge is -2.13. The van der Waals surface area contributed by atoms with Crippen molar-refractivity contribution in [3.05, 3.63) is 60.6 Å².